The molecular weight excluding hydrogens is 408 g/mol. The van der Waals surface area contributed by atoms with Crippen molar-refractivity contribution in [1.82, 2.24) is 20.5 Å². The average molecular weight is 439 g/mol. The van der Waals surface area contributed by atoms with E-state index in [9.17, 15) is 5.11 Å². The van der Waals surface area contributed by atoms with Gasteiger partial charge in [-0.25, -0.2) is 4.98 Å². The van der Waals surface area contributed by atoms with E-state index >= 15 is 0 Å². The molecule has 1 atom stereocenters. The molecule has 1 aliphatic rings. The molecule has 31 heavy (non-hydrogen) atoms. The van der Waals surface area contributed by atoms with Crippen LogP contribution in [0.3, 0.4) is 0 Å². The number of likely N-dealkylation sites (N-methyl/N-ethyl adjacent to an activating group) is 1. The van der Waals surface area contributed by atoms with Crippen LogP contribution >= 0.6 is 11.3 Å². The number of thiophene rings is 1. The Morgan fingerprint density at radius 1 is 1.16 bits per heavy atom. The van der Waals surface area contributed by atoms with Crippen LogP contribution in [0.15, 0.2) is 53.7 Å². The van der Waals surface area contributed by atoms with Crippen molar-refractivity contribution in [2.45, 2.75) is 12.6 Å². The third-order valence-electron chi connectivity index (χ3n) is 5.56. The molecule has 1 saturated heterocycles. The van der Waals surface area contributed by atoms with E-state index in [0.29, 0.717) is 19.0 Å². The smallest absolute Gasteiger partial charge is 0.191 e. The van der Waals surface area contributed by atoms with Gasteiger partial charge >= 0.3 is 0 Å². The van der Waals surface area contributed by atoms with Gasteiger partial charge < -0.3 is 25.5 Å². The number of nitrogens with one attached hydrogen (secondary N) is 2. The largest absolute Gasteiger partial charge is 0.386 e. The zero-order chi connectivity index (χ0) is 21.6. The topological polar surface area (TPSA) is 76.0 Å². The fourth-order valence-corrected chi connectivity index (χ4v) is 4.70. The molecule has 0 aliphatic carbocycles. The van der Waals surface area contributed by atoms with E-state index in [1.807, 2.05) is 24.4 Å². The molecule has 8 heteroatoms. The molecule has 1 fully saturated rings. The van der Waals surface area contributed by atoms with E-state index in [4.69, 9.17) is 0 Å². The van der Waals surface area contributed by atoms with Gasteiger partial charge in [0, 0.05) is 62.1 Å². The highest BCUT2D eigenvalue weighted by Gasteiger charge is 2.16. The van der Waals surface area contributed by atoms with Crippen molar-refractivity contribution in [1.29, 1.82) is 0 Å². The zero-order valence-corrected chi connectivity index (χ0v) is 18.9. The first-order chi connectivity index (χ1) is 15.1. The van der Waals surface area contributed by atoms with Crippen LogP contribution < -0.4 is 15.5 Å². The first kappa shape index (κ1) is 21.5. The second-order valence-corrected chi connectivity index (χ2v) is 8.94. The quantitative estimate of drug-likeness (QED) is 0.405. The minimum Gasteiger partial charge on any atom is -0.386 e. The van der Waals surface area contributed by atoms with Crippen LogP contribution in [-0.4, -0.2) is 67.8 Å². The van der Waals surface area contributed by atoms with E-state index in [1.165, 1.54) is 4.70 Å². The molecule has 0 radical (unpaired) electrons. The van der Waals surface area contributed by atoms with Crippen molar-refractivity contribution < 1.29 is 5.11 Å². The number of guanidine groups is 1. The molecule has 1 unspecified atom stereocenters. The minimum absolute atomic E-state index is 0.398. The normalized spacial score (nSPS) is 16.5. The lowest BCUT2D eigenvalue weighted by molar-refractivity contribution is 0.184. The molecule has 0 bridgehead atoms. The lowest BCUT2D eigenvalue weighted by atomic mass is 10.2. The van der Waals surface area contributed by atoms with Gasteiger partial charge in [0.15, 0.2) is 5.96 Å². The van der Waals surface area contributed by atoms with Gasteiger partial charge in [-0.05, 0) is 42.3 Å². The fraction of sp³-hybridized carbons (Fsp3) is 0.391. The number of aliphatic hydroxyl groups is 1. The third kappa shape index (κ3) is 5.52. The van der Waals surface area contributed by atoms with Crippen molar-refractivity contribution in [2.75, 3.05) is 51.7 Å². The maximum absolute atomic E-state index is 10.6. The monoisotopic (exact) mass is 438 g/mol. The molecule has 4 rings (SSSR count). The molecule has 3 N–H and O–H groups in total. The lowest BCUT2D eigenvalue weighted by Gasteiger charge is -2.33. The van der Waals surface area contributed by atoms with Gasteiger partial charge in [0.25, 0.3) is 0 Å². The number of aliphatic imine (C=N–C) groups is 1. The number of hydrogen-bond donors (Lipinski definition) is 3. The van der Waals surface area contributed by atoms with E-state index in [2.05, 4.69) is 61.7 Å². The van der Waals surface area contributed by atoms with E-state index in [-0.39, 0.29) is 0 Å². The van der Waals surface area contributed by atoms with Crippen LogP contribution in [0, 0.1) is 0 Å². The first-order valence-electron chi connectivity index (χ1n) is 10.6. The maximum atomic E-state index is 10.6. The molecule has 3 aromatic rings. The predicted octanol–water partition coefficient (Wildman–Crippen LogP) is 2.45. The molecule has 1 aromatic carbocycles. The highest BCUT2D eigenvalue weighted by atomic mass is 32.1. The number of anilines is 1. The first-order valence-corrected chi connectivity index (χ1v) is 11.4. The van der Waals surface area contributed by atoms with Crippen LogP contribution in [0.25, 0.3) is 10.1 Å². The van der Waals surface area contributed by atoms with E-state index in [1.54, 1.807) is 18.4 Å². The summed E-state index contributed by atoms with van der Waals surface area (Å²) in [7, 11) is 3.89. The van der Waals surface area contributed by atoms with Gasteiger partial charge in [-0.15, -0.1) is 11.3 Å². The van der Waals surface area contributed by atoms with Gasteiger partial charge in [0.05, 0.1) is 0 Å². The Morgan fingerprint density at radius 2 is 1.97 bits per heavy atom. The molecule has 3 heterocycles. The summed E-state index contributed by atoms with van der Waals surface area (Å²) in [6, 6.07) is 14.4. The Balaban J connectivity index is 1.30. The molecule has 7 nitrogen and oxygen atoms in total. The zero-order valence-electron chi connectivity index (χ0n) is 18.1. The SMILES string of the molecule is CN=C(NCc1ccnc(N2CCN(C)CC2)c1)NCC(O)c1cc2ccccc2s1. The second kappa shape index (κ2) is 10.1. The molecule has 0 spiro atoms. The summed E-state index contributed by atoms with van der Waals surface area (Å²) in [5.41, 5.74) is 1.15. The van der Waals surface area contributed by atoms with Crippen molar-refractivity contribution in [3.05, 3.63) is 59.1 Å². The number of pyridine rings is 1. The van der Waals surface area contributed by atoms with Crippen LogP contribution in [0.4, 0.5) is 5.82 Å². The molecule has 0 amide bonds. The standard InChI is InChI=1S/C23H30N6OS/c1-24-23(27-16-19(30)21-14-18-5-3-4-6-20(18)31-21)26-15-17-7-8-25-22(13-17)29-11-9-28(2)10-12-29/h3-8,13-14,19,30H,9-12,15-16H2,1-2H3,(H2,24,26,27). The minimum atomic E-state index is -0.583. The van der Waals surface area contributed by atoms with Gasteiger partial charge in [0.2, 0.25) is 0 Å². The van der Waals surface area contributed by atoms with E-state index in [0.717, 1.165) is 47.8 Å². The molecule has 1 aliphatic heterocycles. The Labute approximate surface area is 187 Å². The molecule has 2 aromatic heterocycles. The van der Waals surface area contributed by atoms with Crippen molar-refractivity contribution >= 4 is 33.2 Å². The number of rotatable bonds is 6. The highest BCUT2D eigenvalue weighted by molar-refractivity contribution is 7.19. The Hall–Kier alpha value is -2.68. The number of fused-ring (bicyclic) bond motifs is 1. The number of hydrogen-bond acceptors (Lipinski definition) is 6. The summed E-state index contributed by atoms with van der Waals surface area (Å²) in [5.74, 6) is 1.69. The van der Waals surface area contributed by atoms with E-state index < -0.39 is 6.10 Å². The summed E-state index contributed by atoms with van der Waals surface area (Å²) < 4.78 is 1.19. The summed E-state index contributed by atoms with van der Waals surface area (Å²) in [6.45, 7) is 5.15. The van der Waals surface area contributed by atoms with Crippen molar-refractivity contribution in [3.63, 3.8) is 0 Å². The summed E-state index contributed by atoms with van der Waals surface area (Å²) in [5, 5.41) is 18.3. The highest BCUT2D eigenvalue weighted by Crippen LogP contribution is 2.29. The number of benzene rings is 1. The average Bonchev–Trinajstić information content (AvgIpc) is 3.24. The van der Waals surface area contributed by atoms with Gasteiger partial charge in [-0.1, -0.05) is 18.2 Å². The third-order valence-corrected chi connectivity index (χ3v) is 6.77. The van der Waals surface area contributed by atoms with Crippen molar-refractivity contribution in [2.24, 2.45) is 4.99 Å². The maximum Gasteiger partial charge on any atom is 0.191 e. The van der Waals surface area contributed by atoms with Gasteiger partial charge in [-0.3, -0.25) is 4.99 Å². The predicted molar refractivity (Wildman–Crippen MR) is 129 cm³/mol. The second-order valence-electron chi connectivity index (χ2n) is 7.82. The van der Waals surface area contributed by atoms with Crippen molar-refractivity contribution in [3.8, 4) is 0 Å². The Morgan fingerprint density at radius 3 is 2.74 bits per heavy atom. The number of piperazine rings is 1. The summed E-state index contributed by atoms with van der Waals surface area (Å²) >= 11 is 1.63. The molecular formula is C23H30N6OS. The Bertz CT molecular complexity index is 995. The Kier molecular flexibility index (Phi) is 7.01. The van der Waals surface area contributed by atoms with Gasteiger partial charge in [-0.2, -0.15) is 0 Å². The number of aliphatic hydroxyl groups excluding tert-OH is 1. The van der Waals surface area contributed by atoms with Crippen LogP contribution in [0.2, 0.25) is 0 Å². The lowest BCUT2D eigenvalue weighted by Crippen LogP contribution is -2.44. The number of aromatic nitrogens is 1. The number of nitrogens with zero attached hydrogens (tertiary/aromatic N) is 4. The fourth-order valence-electron chi connectivity index (χ4n) is 3.65. The summed E-state index contributed by atoms with van der Waals surface area (Å²) in [6.07, 6.45) is 1.28. The molecule has 164 valence electrons. The van der Waals surface area contributed by atoms with Gasteiger partial charge in [0.1, 0.15) is 11.9 Å². The molecule has 0 saturated carbocycles. The summed E-state index contributed by atoms with van der Waals surface area (Å²) in [4.78, 5) is 14.5. The van der Waals surface area contributed by atoms with Crippen LogP contribution in [0.1, 0.15) is 16.5 Å². The van der Waals surface area contributed by atoms with Crippen LogP contribution in [0.5, 0.6) is 0 Å². The van der Waals surface area contributed by atoms with Crippen LogP contribution in [-0.2, 0) is 6.54 Å².